The van der Waals surface area contributed by atoms with E-state index < -0.39 is 0 Å². The van der Waals surface area contributed by atoms with Crippen LogP contribution in [0.3, 0.4) is 0 Å². The van der Waals surface area contributed by atoms with Crippen molar-refractivity contribution in [2.24, 2.45) is 0 Å². The summed E-state index contributed by atoms with van der Waals surface area (Å²) in [5.41, 5.74) is 0. The molecule has 1 N–H and O–H groups in total. The Morgan fingerprint density at radius 1 is 1.37 bits per heavy atom. The van der Waals surface area contributed by atoms with Gasteiger partial charge in [-0.3, -0.25) is 4.79 Å². The van der Waals surface area contributed by atoms with Gasteiger partial charge >= 0.3 is 0 Å². The molecule has 19 heavy (non-hydrogen) atoms. The van der Waals surface area contributed by atoms with E-state index in [0.29, 0.717) is 29.7 Å². The van der Waals surface area contributed by atoms with Gasteiger partial charge < -0.3 is 14.5 Å². The van der Waals surface area contributed by atoms with E-state index in [1.165, 1.54) is 32.1 Å². The van der Waals surface area contributed by atoms with Crippen molar-refractivity contribution in [3.8, 4) is 0 Å². The summed E-state index contributed by atoms with van der Waals surface area (Å²) >= 11 is 3.17. The topological polar surface area (TPSA) is 51.5 Å². The van der Waals surface area contributed by atoms with Crippen LogP contribution >= 0.6 is 15.9 Å². The summed E-state index contributed by atoms with van der Waals surface area (Å²) in [6.45, 7) is 1.33. The molecule has 2 rings (SSSR count). The lowest BCUT2D eigenvalue weighted by atomic mass is 9.98. The van der Waals surface area contributed by atoms with Gasteiger partial charge in [-0.05, 0) is 47.3 Å². The smallest absolute Gasteiger partial charge is 0.287 e. The highest BCUT2D eigenvalue weighted by atomic mass is 79.9. The van der Waals surface area contributed by atoms with Crippen molar-refractivity contribution in [3.63, 3.8) is 0 Å². The first-order valence-corrected chi connectivity index (χ1v) is 7.70. The Bertz CT molecular complexity index is 399. The summed E-state index contributed by atoms with van der Waals surface area (Å²) in [4.78, 5) is 11.7. The zero-order valence-electron chi connectivity index (χ0n) is 11.0. The highest BCUT2D eigenvalue weighted by molar-refractivity contribution is 9.10. The molecular formula is C14H20BrNO3. The van der Waals surface area contributed by atoms with Crippen LogP contribution in [0.4, 0.5) is 0 Å². The maximum absolute atomic E-state index is 11.7. The van der Waals surface area contributed by atoms with Crippen LogP contribution in [-0.2, 0) is 4.74 Å². The largest absolute Gasteiger partial charge is 0.444 e. The third kappa shape index (κ3) is 4.99. The van der Waals surface area contributed by atoms with E-state index in [1.807, 2.05) is 0 Å². The molecule has 1 fully saturated rings. The van der Waals surface area contributed by atoms with Crippen LogP contribution in [-0.4, -0.2) is 25.2 Å². The van der Waals surface area contributed by atoms with Crippen LogP contribution in [0.2, 0.25) is 0 Å². The monoisotopic (exact) mass is 329 g/mol. The Kier molecular flexibility index (Phi) is 5.92. The quantitative estimate of drug-likeness (QED) is 0.812. The molecular weight excluding hydrogens is 310 g/mol. The van der Waals surface area contributed by atoms with Crippen LogP contribution in [0.25, 0.3) is 0 Å². The zero-order chi connectivity index (χ0) is 13.5. The fraction of sp³-hybridized carbons (Fsp3) is 0.643. The molecule has 1 heterocycles. The molecule has 1 saturated carbocycles. The molecule has 0 saturated heterocycles. The minimum Gasteiger partial charge on any atom is -0.444 e. The van der Waals surface area contributed by atoms with Gasteiger partial charge in [-0.25, -0.2) is 0 Å². The summed E-state index contributed by atoms with van der Waals surface area (Å²) in [5, 5.41) is 2.82. The van der Waals surface area contributed by atoms with Gasteiger partial charge in [-0.2, -0.15) is 0 Å². The molecule has 1 aliphatic rings. The Labute approximate surface area is 122 Å². The standard InChI is InChI=1S/C14H20BrNO3/c15-13-8-7-12(19-13)14(17)16-9-4-10-18-11-5-2-1-3-6-11/h7-8,11H,1-6,9-10H2,(H,16,17). The first kappa shape index (κ1) is 14.6. The first-order chi connectivity index (χ1) is 9.25. The molecule has 0 aromatic carbocycles. The second kappa shape index (κ2) is 7.70. The average molecular weight is 330 g/mol. The van der Waals surface area contributed by atoms with Crippen LogP contribution in [0.1, 0.15) is 49.1 Å². The highest BCUT2D eigenvalue weighted by Gasteiger charge is 2.13. The van der Waals surface area contributed by atoms with Gasteiger partial charge in [0.05, 0.1) is 6.10 Å². The van der Waals surface area contributed by atoms with Crippen molar-refractivity contribution in [2.75, 3.05) is 13.2 Å². The van der Waals surface area contributed by atoms with Crippen molar-refractivity contribution in [2.45, 2.75) is 44.6 Å². The predicted molar refractivity (Wildman–Crippen MR) is 76.2 cm³/mol. The number of rotatable bonds is 6. The number of hydrogen-bond donors (Lipinski definition) is 1. The number of amides is 1. The van der Waals surface area contributed by atoms with Crippen molar-refractivity contribution in [1.29, 1.82) is 0 Å². The number of carbonyl (C=O) groups is 1. The summed E-state index contributed by atoms with van der Waals surface area (Å²) in [7, 11) is 0. The third-order valence-electron chi connectivity index (χ3n) is 3.31. The number of hydrogen-bond acceptors (Lipinski definition) is 3. The van der Waals surface area contributed by atoms with Crippen molar-refractivity contribution >= 4 is 21.8 Å². The minimum absolute atomic E-state index is 0.177. The maximum atomic E-state index is 11.7. The van der Waals surface area contributed by atoms with E-state index in [-0.39, 0.29) is 5.91 Å². The summed E-state index contributed by atoms with van der Waals surface area (Å²) in [6.07, 6.45) is 7.56. The SMILES string of the molecule is O=C(NCCCOC1CCCCC1)c1ccc(Br)o1. The molecule has 1 aromatic rings. The van der Waals surface area contributed by atoms with Gasteiger partial charge in [0, 0.05) is 13.2 Å². The molecule has 4 nitrogen and oxygen atoms in total. The Morgan fingerprint density at radius 2 is 2.16 bits per heavy atom. The molecule has 0 unspecified atom stereocenters. The fourth-order valence-electron chi connectivity index (χ4n) is 2.28. The van der Waals surface area contributed by atoms with E-state index >= 15 is 0 Å². The van der Waals surface area contributed by atoms with Gasteiger partial charge in [0.25, 0.3) is 5.91 Å². The van der Waals surface area contributed by atoms with Crippen LogP contribution in [0.5, 0.6) is 0 Å². The maximum Gasteiger partial charge on any atom is 0.287 e. The summed E-state index contributed by atoms with van der Waals surface area (Å²) < 4.78 is 11.5. The number of carbonyl (C=O) groups excluding carboxylic acids is 1. The van der Waals surface area contributed by atoms with Gasteiger partial charge in [-0.15, -0.1) is 0 Å². The number of nitrogens with one attached hydrogen (secondary N) is 1. The minimum atomic E-state index is -0.177. The Balaban J connectivity index is 1.55. The molecule has 0 radical (unpaired) electrons. The van der Waals surface area contributed by atoms with E-state index in [4.69, 9.17) is 9.15 Å². The second-order valence-electron chi connectivity index (χ2n) is 4.84. The molecule has 0 bridgehead atoms. The molecule has 1 amide bonds. The summed E-state index contributed by atoms with van der Waals surface area (Å²) in [6, 6.07) is 3.36. The molecule has 0 spiro atoms. The van der Waals surface area contributed by atoms with E-state index in [2.05, 4.69) is 21.2 Å². The lowest BCUT2D eigenvalue weighted by Gasteiger charge is -2.21. The van der Waals surface area contributed by atoms with Gasteiger partial charge in [-0.1, -0.05) is 19.3 Å². The zero-order valence-corrected chi connectivity index (χ0v) is 12.6. The number of furan rings is 1. The summed E-state index contributed by atoms with van der Waals surface area (Å²) in [5.74, 6) is 0.156. The first-order valence-electron chi connectivity index (χ1n) is 6.91. The average Bonchev–Trinajstić information content (AvgIpc) is 2.86. The van der Waals surface area contributed by atoms with Crippen LogP contribution in [0, 0.1) is 0 Å². The van der Waals surface area contributed by atoms with Crippen LogP contribution < -0.4 is 5.32 Å². The lowest BCUT2D eigenvalue weighted by Crippen LogP contribution is -2.25. The normalized spacial score (nSPS) is 16.5. The van der Waals surface area contributed by atoms with Gasteiger partial charge in [0.1, 0.15) is 0 Å². The fourth-order valence-corrected chi connectivity index (χ4v) is 2.59. The predicted octanol–water partition coefficient (Wildman–Crippen LogP) is 3.51. The van der Waals surface area contributed by atoms with E-state index in [9.17, 15) is 4.79 Å². The van der Waals surface area contributed by atoms with Crippen LogP contribution in [0.15, 0.2) is 21.2 Å². The van der Waals surface area contributed by atoms with Crippen molar-refractivity contribution in [1.82, 2.24) is 5.32 Å². The van der Waals surface area contributed by atoms with Gasteiger partial charge in [0.2, 0.25) is 0 Å². The number of ether oxygens (including phenoxy) is 1. The van der Waals surface area contributed by atoms with Crippen molar-refractivity contribution in [3.05, 3.63) is 22.6 Å². The number of halogens is 1. The Hall–Kier alpha value is -0.810. The molecule has 1 aliphatic carbocycles. The van der Waals surface area contributed by atoms with E-state index in [0.717, 1.165) is 6.42 Å². The Morgan fingerprint density at radius 3 is 2.84 bits per heavy atom. The van der Waals surface area contributed by atoms with Gasteiger partial charge in [0.15, 0.2) is 10.4 Å². The van der Waals surface area contributed by atoms with E-state index in [1.54, 1.807) is 12.1 Å². The molecule has 106 valence electrons. The molecule has 5 heteroatoms. The second-order valence-corrected chi connectivity index (χ2v) is 5.63. The third-order valence-corrected chi connectivity index (χ3v) is 3.74. The van der Waals surface area contributed by atoms with Crippen molar-refractivity contribution < 1.29 is 13.9 Å². The molecule has 0 aliphatic heterocycles. The molecule has 1 aromatic heterocycles. The molecule has 0 atom stereocenters. The highest BCUT2D eigenvalue weighted by Crippen LogP contribution is 2.20. The lowest BCUT2D eigenvalue weighted by molar-refractivity contribution is 0.0273.